The van der Waals surface area contributed by atoms with Crippen LogP contribution in [0.25, 0.3) is 0 Å². The summed E-state index contributed by atoms with van der Waals surface area (Å²) in [4.78, 5) is 48.0. The fraction of sp³-hybridized carbons (Fsp3) is 0.739. The molecule has 326 valence electrons. The summed E-state index contributed by atoms with van der Waals surface area (Å²) in [6.07, 6.45) is 21.4. The Labute approximate surface area is 350 Å². The Kier molecular flexibility index (Phi) is 20.1. The van der Waals surface area contributed by atoms with Gasteiger partial charge in [0.25, 0.3) is 5.91 Å². The fourth-order valence-electron chi connectivity index (χ4n) is 9.43. The van der Waals surface area contributed by atoms with Crippen LogP contribution in [0.2, 0.25) is 0 Å². The Morgan fingerprint density at radius 2 is 1.59 bits per heavy atom. The molecule has 0 spiro atoms. The Morgan fingerprint density at radius 1 is 0.914 bits per heavy atom. The number of likely N-dealkylation sites (N-methyl/N-ethyl adjacent to an activating group) is 1. The Morgan fingerprint density at radius 3 is 2.21 bits per heavy atom. The lowest BCUT2D eigenvalue weighted by Gasteiger charge is -2.40. The van der Waals surface area contributed by atoms with Crippen LogP contribution in [0.3, 0.4) is 0 Å². The molecule has 2 saturated carbocycles. The minimum absolute atomic E-state index is 0.0159. The molecule has 7 unspecified atom stereocenters. The molecule has 1 aromatic rings. The average molecular weight is 826 g/mol. The van der Waals surface area contributed by atoms with Crippen LogP contribution in [0.4, 0.5) is 0 Å². The molecule has 58 heavy (non-hydrogen) atoms. The summed E-state index contributed by atoms with van der Waals surface area (Å²) in [6.45, 7) is 12.7. The van der Waals surface area contributed by atoms with Crippen molar-refractivity contribution in [3.8, 4) is 0 Å². The predicted molar refractivity (Wildman–Crippen MR) is 235 cm³/mol. The third kappa shape index (κ3) is 15.0. The van der Waals surface area contributed by atoms with Gasteiger partial charge in [0.1, 0.15) is 0 Å². The number of amides is 2. The maximum Gasteiger partial charge on any atom is 0.255 e. The summed E-state index contributed by atoms with van der Waals surface area (Å²) in [5.41, 5.74) is 1.97. The number of fused-ring (bicyclic) bond motifs is 1. The van der Waals surface area contributed by atoms with Gasteiger partial charge in [0, 0.05) is 61.8 Å². The molecule has 0 radical (unpaired) electrons. The second-order valence-electron chi connectivity index (χ2n) is 17.2. The largest absolute Gasteiger partial charge is 0.378 e. The molecule has 2 amide bonds. The van der Waals surface area contributed by atoms with E-state index >= 15 is 0 Å². The zero-order valence-corrected chi connectivity index (χ0v) is 37.3. The topological polar surface area (TPSA) is 146 Å². The van der Waals surface area contributed by atoms with Gasteiger partial charge in [-0.05, 0) is 69.9 Å². The van der Waals surface area contributed by atoms with Crippen molar-refractivity contribution < 1.29 is 27.5 Å². The molecule has 7 atom stereocenters. The molecule has 3 N–H and O–H groups in total. The maximum atomic E-state index is 14.2. The number of rotatable bonds is 24. The number of ether oxygens (including phenoxy) is 1. The SMILES string of the molecule is CCCCCCCCCCCCOC1CCC(NC(C)=O)C(C(CC)NC(=O)C2=CC(=NC3CCC(N(CC)CCNS(C)(=O)=O)CC3C)c3ccccc3C2=O)C1. The molecule has 4 rings (SSSR count). The van der Waals surface area contributed by atoms with Crippen molar-refractivity contribution in [2.24, 2.45) is 16.8 Å². The standard InChI is InChI=1S/C46H75N5O6S/c1-7-10-11-12-13-14-15-16-17-20-29-57-36-24-26-43(48-34(5)52)39(31-36)41(8-2)50-46(54)40-32-44(37-21-18-19-22-38(37)45(40)53)49-42-25-23-35(30-33(42)4)51(9-3)28-27-47-58(6,55)56/h18-19,21-22,32-33,35-36,39,41-43,47H,7-17,20,23-31H2,1-6H3,(H,48,52)(H,50,54). The van der Waals surface area contributed by atoms with Gasteiger partial charge in [-0.3, -0.25) is 24.3 Å². The summed E-state index contributed by atoms with van der Waals surface area (Å²) >= 11 is 0. The highest BCUT2D eigenvalue weighted by atomic mass is 32.2. The third-order valence-corrected chi connectivity index (χ3v) is 13.4. The van der Waals surface area contributed by atoms with E-state index in [1.807, 2.05) is 25.1 Å². The van der Waals surface area contributed by atoms with Crippen molar-refractivity contribution in [2.75, 3.05) is 32.5 Å². The van der Waals surface area contributed by atoms with Crippen LogP contribution in [0.15, 0.2) is 40.9 Å². The lowest BCUT2D eigenvalue weighted by atomic mass is 9.77. The van der Waals surface area contributed by atoms with Gasteiger partial charge < -0.3 is 15.4 Å². The van der Waals surface area contributed by atoms with Gasteiger partial charge >= 0.3 is 0 Å². The van der Waals surface area contributed by atoms with E-state index in [1.165, 1.54) is 64.0 Å². The number of carbonyl (C=O) groups excluding carboxylic acids is 3. The molecule has 12 heteroatoms. The number of hydrogen-bond donors (Lipinski definition) is 3. The highest BCUT2D eigenvalue weighted by Gasteiger charge is 2.39. The van der Waals surface area contributed by atoms with Crippen LogP contribution in [0.5, 0.6) is 0 Å². The number of sulfonamides is 1. The Balaban J connectivity index is 1.41. The van der Waals surface area contributed by atoms with Gasteiger partial charge in [0.15, 0.2) is 5.78 Å². The lowest BCUT2D eigenvalue weighted by Crippen LogP contribution is -2.54. The second-order valence-corrected chi connectivity index (χ2v) is 19.0. The quantitative estimate of drug-likeness (QED) is 0.0722. The minimum Gasteiger partial charge on any atom is -0.378 e. The number of hydrogen-bond acceptors (Lipinski definition) is 8. The number of unbranched alkanes of at least 4 members (excludes halogenated alkanes) is 9. The Bertz CT molecular complexity index is 1650. The van der Waals surface area contributed by atoms with E-state index in [0.29, 0.717) is 36.8 Å². The van der Waals surface area contributed by atoms with Crippen LogP contribution in [-0.4, -0.2) is 99.4 Å². The highest BCUT2D eigenvalue weighted by molar-refractivity contribution is 7.88. The van der Waals surface area contributed by atoms with Crippen molar-refractivity contribution in [3.05, 3.63) is 47.0 Å². The van der Waals surface area contributed by atoms with E-state index in [1.54, 1.807) is 19.1 Å². The van der Waals surface area contributed by atoms with Crippen molar-refractivity contribution in [3.63, 3.8) is 0 Å². The van der Waals surface area contributed by atoms with Crippen LogP contribution in [0, 0.1) is 11.8 Å². The molecule has 2 fully saturated rings. The fourth-order valence-corrected chi connectivity index (χ4v) is 9.89. The van der Waals surface area contributed by atoms with Gasteiger partial charge in [-0.15, -0.1) is 0 Å². The first-order valence-electron chi connectivity index (χ1n) is 22.7. The number of nitrogens with zero attached hydrogens (tertiary/aromatic N) is 2. The van der Waals surface area contributed by atoms with E-state index < -0.39 is 15.9 Å². The number of Topliss-reactive ketones (excluding diaryl/α,β-unsaturated/α-hetero) is 1. The number of ketones is 1. The van der Waals surface area contributed by atoms with Crippen molar-refractivity contribution in [1.82, 2.24) is 20.3 Å². The predicted octanol–water partition coefficient (Wildman–Crippen LogP) is 7.53. The van der Waals surface area contributed by atoms with E-state index in [0.717, 1.165) is 63.7 Å². The smallest absolute Gasteiger partial charge is 0.255 e. The second kappa shape index (κ2) is 24.4. The van der Waals surface area contributed by atoms with Gasteiger partial charge in [-0.2, -0.15) is 0 Å². The van der Waals surface area contributed by atoms with E-state index in [2.05, 4.69) is 41.0 Å². The van der Waals surface area contributed by atoms with E-state index in [-0.39, 0.29) is 53.3 Å². The van der Waals surface area contributed by atoms with E-state index in [9.17, 15) is 22.8 Å². The summed E-state index contributed by atoms with van der Waals surface area (Å²) in [5.74, 6) is -0.588. The first kappa shape index (κ1) is 47.7. The maximum absolute atomic E-state index is 14.2. The molecule has 0 aromatic heterocycles. The molecular formula is C46H75N5O6S. The average Bonchev–Trinajstić information content (AvgIpc) is 3.19. The Hall–Kier alpha value is -2.93. The summed E-state index contributed by atoms with van der Waals surface area (Å²) < 4.78 is 32.3. The molecule has 11 nitrogen and oxygen atoms in total. The molecule has 0 aliphatic heterocycles. The first-order valence-corrected chi connectivity index (χ1v) is 24.6. The van der Waals surface area contributed by atoms with E-state index in [4.69, 9.17) is 9.73 Å². The molecule has 0 heterocycles. The molecule has 0 saturated heterocycles. The number of nitrogens with one attached hydrogen (secondary N) is 3. The molecular weight excluding hydrogens is 751 g/mol. The summed E-state index contributed by atoms with van der Waals surface area (Å²) in [6, 6.07) is 7.40. The normalized spacial score (nSPS) is 25.0. The van der Waals surface area contributed by atoms with Gasteiger partial charge in [0.05, 0.1) is 29.7 Å². The van der Waals surface area contributed by atoms with Crippen molar-refractivity contribution >= 4 is 33.3 Å². The van der Waals surface area contributed by atoms with Crippen LogP contribution < -0.4 is 15.4 Å². The monoisotopic (exact) mass is 826 g/mol. The van der Waals surface area contributed by atoms with Crippen molar-refractivity contribution in [2.45, 2.75) is 174 Å². The van der Waals surface area contributed by atoms with Gasteiger partial charge in [-0.1, -0.05) is 110 Å². The molecule has 3 aliphatic carbocycles. The van der Waals surface area contributed by atoms with Crippen LogP contribution >= 0.6 is 0 Å². The third-order valence-electron chi connectivity index (χ3n) is 12.7. The minimum atomic E-state index is -3.24. The number of carbonyl (C=O) groups is 3. The zero-order valence-electron chi connectivity index (χ0n) is 36.5. The molecule has 1 aromatic carbocycles. The number of aliphatic imine (C=N–C) groups is 1. The summed E-state index contributed by atoms with van der Waals surface area (Å²) in [7, 11) is -3.24. The lowest BCUT2D eigenvalue weighted by molar-refractivity contribution is -0.121. The molecule has 0 bridgehead atoms. The van der Waals surface area contributed by atoms with Crippen LogP contribution in [-0.2, 0) is 24.3 Å². The molecule has 3 aliphatic rings. The first-order chi connectivity index (χ1) is 27.8. The highest BCUT2D eigenvalue weighted by Crippen LogP contribution is 2.34. The van der Waals surface area contributed by atoms with Crippen molar-refractivity contribution in [1.29, 1.82) is 0 Å². The van der Waals surface area contributed by atoms with Gasteiger partial charge in [-0.25, -0.2) is 13.1 Å². The van der Waals surface area contributed by atoms with Gasteiger partial charge in [0.2, 0.25) is 15.9 Å². The number of benzene rings is 1. The zero-order chi connectivity index (χ0) is 42.1. The summed E-state index contributed by atoms with van der Waals surface area (Å²) in [5, 5.41) is 6.41. The van der Waals surface area contributed by atoms with Crippen LogP contribution in [0.1, 0.15) is 160 Å². The number of allylic oxidation sites excluding steroid dienone is 1.